The molecular weight excluding hydrogens is 296 g/mol. The van der Waals surface area contributed by atoms with Crippen LogP contribution >= 0.6 is 11.8 Å². The van der Waals surface area contributed by atoms with Crippen molar-refractivity contribution in [3.63, 3.8) is 0 Å². The molecule has 0 unspecified atom stereocenters. The Balaban J connectivity index is 2.29. The van der Waals surface area contributed by atoms with Crippen molar-refractivity contribution in [1.82, 2.24) is 9.97 Å². The van der Waals surface area contributed by atoms with Gasteiger partial charge in [0.25, 0.3) is 5.76 Å². The number of aryl methyl sites for hydroxylation is 1. The van der Waals surface area contributed by atoms with Crippen LogP contribution in [-0.2, 0) is 6.42 Å². The first-order valence-corrected chi connectivity index (χ1v) is 7.15. The van der Waals surface area contributed by atoms with Crippen molar-refractivity contribution >= 4 is 29.1 Å². The number of hydrogen-bond donors (Lipinski definition) is 3. The number of thioether (sulfide) groups is 1. The SMILES string of the molecule is CCc1nc(NN)cc(Nc2ccccc2SC(F)F)n1. The summed E-state index contributed by atoms with van der Waals surface area (Å²) in [4.78, 5) is 8.92. The number of halogens is 2. The minimum Gasteiger partial charge on any atom is -0.339 e. The number of alkyl halides is 2. The van der Waals surface area contributed by atoms with E-state index in [1.54, 1.807) is 30.3 Å². The van der Waals surface area contributed by atoms with E-state index in [0.29, 0.717) is 46.2 Å². The number of benzene rings is 1. The maximum absolute atomic E-state index is 12.6. The summed E-state index contributed by atoms with van der Waals surface area (Å²) in [5.74, 6) is 4.44. The fourth-order valence-electron chi connectivity index (χ4n) is 1.70. The van der Waals surface area contributed by atoms with E-state index in [2.05, 4.69) is 20.7 Å². The molecule has 2 aromatic rings. The zero-order valence-electron chi connectivity index (χ0n) is 11.3. The molecule has 0 aliphatic heterocycles. The van der Waals surface area contributed by atoms with Gasteiger partial charge in [0.1, 0.15) is 17.5 Å². The van der Waals surface area contributed by atoms with Gasteiger partial charge in [-0.25, -0.2) is 15.8 Å². The van der Waals surface area contributed by atoms with E-state index in [4.69, 9.17) is 5.84 Å². The molecule has 0 aliphatic carbocycles. The Morgan fingerprint density at radius 1 is 1.24 bits per heavy atom. The summed E-state index contributed by atoms with van der Waals surface area (Å²) in [6.45, 7) is 1.92. The lowest BCUT2D eigenvalue weighted by Gasteiger charge is -2.12. The van der Waals surface area contributed by atoms with Gasteiger partial charge in [0.2, 0.25) is 0 Å². The van der Waals surface area contributed by atoms with E-state index in [1.165, 1.54) is 0 Å². The van der Waals surface area contributed by atoms with Crippen LogP contribution in [-0.4, -0.2) is 15.7 Å². The van der Waals surface area contributed by atoms with Crippen molar-refractivity contribution in [1.29, 1.82) is 0 Å². The number of nitrogens with zero attached hydrogens (tertiary/aromatic N) is 2. The molecule has 1 heterocycles. The largest absolute Gasteiger partial charge is 0.339 e. The minimum absolute atomic E-state index is 0.450. The van der Waals surface area contributed by atoms with Crippen LogP contribution in [0, 0.1) is 0 Å². The molecule has 1 aromatic carbocycles. The fraction of sp³-hybridized carbons (Fsp3) is 0.231. The zero-order chi connectivity index (χ0) is 15.2. The number of nitrogens with one attached hydrogen (secondary N) is 2. The van der Waals surface area contributed by atoms with Gasteiger partial charge in [-0.2, -0.15) is 8.78 Å². The van der Waals surface area contributed by atoms with E-state index in [-0.39, 0.29) is 0 Å². The third kappa shape index (κ3) is 4.27. The van der Waals surface area contributed by atoms with Gasteiger partial charge in [-0.1, -0.05) is 30.8 Å². The van der Waals surface area contributed by atoms with E-state index in [9.17, 15) is 8.78 Å². The van der Waals surface area contributed by atoms with E-state index in [1.807, 2.05) is 6.92 Å². The standard InChI is InChI=1S/C13H15F2N5S/c1-2-10-18-11(7-12(19-10)20-16)17-8-5-3-4-6-9(8)21-13(14)15/h3-7,13H,2,16H2,1H3,(H2,17,18,19,20). The molecule has 0 radical (unpaired) electrons. The Labute approximate surface area is 125 Å². The fourth-order valence-corrected chi connectivity index (χ4v) is 2.29. The Kier molecular flexibility index (Phi) is 5.29. The molecule has 21 heavy (non-hydrogen) atoms. The second-order valence-corrected chi connectivity index (χ2v) is 5.08. The zero-order valence-corrected chi connectivity index (χ0v) is 12.1. The van der Waals surface area contributed by atoms with Crippen LogP contribution in [0.2, 0.25) is 0 Å². The summed E-state index contributed by atoms with van der Waals surface area (Å²) in [5, 5.41) is 3.03. The highest BCUT2D eigenvalue weighted by molar-refractivity contribution is 7.99. The highest BCUT2D eigenvalue weighted by atomic mass is 32.2. The van der Waals surface area contributed by atoms with Gasteiger partial charge in [-0.3, -0.25) is 0 Å². The highest BCUT2D eigenvalue weighted by Crippen LogP contribution is 2.33. The molecule has 0 spiro atoms. The number of para-hydroxylation sites is 1. The quantitative estimate of drug-likeness (QED) is 0.431. The van der Waals surface area contributed by atoms with Crippen LogP contribution in [0.3, 0.4) is 0 Å². The minimum atomic E-state index is -2.48. The van der Waals surface area contributed by atoms with E-state index in [0.717, 1.165) is 0 Å². The molecule has 0 fully saturated rings. The molecule has 0 amide bonds. The van der Waals surface area contributed by atoms with Crippen molar-refractivity contribution in [2.24, 2.45) is 5.84 Å². The molecule has 0 aliphatic rings. The number of hydrazine groups is 1. The normalized spacial score (nSPS) is 10.7. The number of anilines is 3. The van der Waals surface area contributed by atoms with Gasteiger partial charge < -0.3 is 10.7 Å². The summed E-state index contributed by atoms with van der Waals surface area (Å²) >= 11 is 0.485. The first kappa shape index (κ1) is 15.5. The van der Waals surface area contributed by atoms with Crippen LogP contribution < -0.4 is 16.6 Å². The summed E-state index contributed by atoms with van der Waals surface area (Å²) in [7, 11) is 0. The summed E-state index contributed by atoms with van der Waals surface area (Å²) in [5.41, 5.74) is 3.02. The topological polar surface area (TPSA) is 75.9 Å². The van der Waals surface area contributed by atoms with Crippen molar-refractivity contribution in [2.75, 3.05) is 10.7 Å². The molecule has 0 bridgehead atoms. The molecule has 5 nitrogen and oxygen atoms in total. The summed E-state index contributed by atoms with van der Waals surface area (Å²) < 4.78 is 25.1. The number of rotatable bonds is 6. The lowest BCUT2D eigenvalue weighted by molar-refractivity contribution is 0.252. The molecule has 112 valence electrons. The van der Waals surface area contributed by atoms with Crippen molar-refractivity contribution in [3.8, 4) is 0 Å². The molecule has 1 aromatic heterocycles. The number of nitrogen functional groups attached to an aromatic ring is 1. The number of nitrogens with two attached hydrogens (primary N) is 1. The van der Waals surface area contributed by atoms with Crippen LogP contribution in [0.5, 0.6) is 0 Å². The molecule has 4 N–H and O–H groups in total. The maximum atomic E-state index is 12.6. The van der Waals surface area contributed by atoms with Crippen LogP contribution in [0.1, 0.15) is 12.7 Å². The first-order chi connectivity index (χ1) is 10.1. The van der Waals surface area contributed by atoms with Crippen LogP contribution in [0.25, 0.3) is 0 Å². The molecule has 0 saturated carbocycles. The maximum Gasteiger partial charge on any atom is 0.288 e. The second kappa shape index (κ2) is 7.19. The Morgan fingerprint density at radius 2 is 1.95 bits per heavy atom. The van der Waals surface area contributed by atoms with Crippen molar-refractivity contribution < 1.29 is 8.78 Å². The first-order valence-electron chi connectivity index (χ1n) is 6.27. The second-order valence-electron chi connectivity index (χ2n) is 4.05. The Hall–Kier alpha value is -1.93. The van der Waals surface area contributed by atoms with Gasteiger partial charge in [0.15, 0.2) is 0 Å². The van der Waals surface area contributed by atoms with E-state index < -0.39 is 5.76 Å². The average molecular weight is 311 g/mol. The Bertz CT molecular complexity index is 587. The number of hydrogen-bond acceptors (Lipinski definition) is 6. The van der Waals surface area contributed by atoms with Gasteiger partial charge in [0.05, 0.1) is 5.69 Å². The third-order valence-corrected chi connectivity index (χ3v) is 3.39. The molecule has 2 rings (SSSR count). The predicted octanol–water partition coefficient (Wildman–Crippen LogP) is 3.38. The van der Waals surface area contributed by atoms with Gasteiger partial charge in [0, 0.05) is 17.4 Å². The van der Waals surface area contributed by atoms with Crippen LogP contribution in [0.4, 0.5) is 26.1 Å². The number of aromatic nitrogens is 2. The molecular formula is C13H15F2N5S. The van der Waals surface area contributed by atoms with Crippen molar-refractivity contribution in [2.45, 2.75) is 24.0 Å². The highest BCUT2D eigenvalue weighted by Gasteiger charge is 2.11. The van der Waals surface area contributed by atoms with Gasteiger partial charge in [-0.15, -0.1) is 0 Å². The van der Waals surface area contributed by atoms with Gasteiger partial charge >= 0.3 is 0 Å². The predicted molar refractivity (Wildman–Crippen MR) is 80.8 cm³/mol. The third-order valence-electron chi connectivity index (χ3n) is 2.60. The Morgan fingerprint density at radius 3 is 2.62 bits per heavy atom. The molecule has 0 saturated heterocycles. The monoisotopic (exact) mass is 311 g/mol. The van der Waals surface area contributed by atoms with Gasteiger partial charge in [-0.05, 0) is 12.1 Å². The smallest absolute Gasteiger partial charge is 0.288 e. The van der Waals surface area contributed by atoms with E-state index >= 15 is 0 Å². The average Bonchev–Trinajstić information content (AvgIpc) is 2.48. The van der Waals surface area contributed by atoms with Crippen molar-refractivity contribution in [3.05, 3.63) is 36.2 Å². The lowest BCUT2D eigenvalue weighted by Crippen LogP contribution is -2.11. The lowest BCUT2D eigenvalue weighted by atomic mass is 10.3. The molecule has 8 heteroatoms. The summed E-state index contributed by atoms with van der Waals surface area (Å²) in [6, 6.07) is 8.43. The van der Waals surface area contributed by atoms with Crippen LogP contribution in [0.15, 0.2) is 35.2 Å². The molecule has 0 atom stereocenters. The summed E-state index contributed by atoms with van der Waals surface area (Å²) in [6.07, 6.45) is 0.637.